The Morgan fingerprint density at radius 1 is 1.26 bits per heavy atom. The number of carbonyl (C=O) groups is 2. The summed E-state index contributed by atoms with van der Waals surface area (Å²) in [7, 11) is 0. The van der Waals surface area contributed by atoms with Crippen molar-refractivity contribution in [2.45, 2.75) is 26.3 Å². The fourth-order valence-electron chi connectivity index (χ4n) is 1.59. The number of carboxylic acid groups (broad SMARTS) is 1. The van der Waals surface area contributed by atoms with Crippen molar-refractivity contribution in [1.29, 1.82) is 0 Å². The molecule has 0 heterocycles. The molecule has 0 aliphatic rings. The highest BCUT2D eigenvalue weighted by Crippen LogP contribution is 2.08. The van der Waals surface area contributed by atoms with Gasteiger partial charge in [-0.1, -0.05) is 32.0 Å². The predicted molar refractivity (Wildman–Crippen MR) is 71.0 cm³/mol. The van der Waals surface area contributed by atoms with Gasteiger partial charge >= 0.3 is 5.97 Å². The number of carbonyl (C=O) groups excluding carboxylic acids is 1. The summed E-state index contributed by atoms with van der Waals surface area (Å²) in [5.41, 5.74) is 0. The fourth-order valence-corrected chi connectivity index (χ4v) is 1.59. The van der Waals surface area contributed by atoms with E-state index in [0.717, 1.165) is 0 Å². The Morgan fingerprint density at radius 2 is 1.89 bits per heavy atom. The first kappa shape index (κ1) is 15.0. The first-order valence-electron chi connectivity index (χ1n) is 6.19. The second-order valence-electron chi connectivity index (χ2n) is 4.69. The summed E-state index contributed by atoms with van der Waals surface area (Å²) >= 11 is 0. The van der Waals surface area contributed by atoms with E-state index < -0.39 is 17.9 Å². The van der Waals surface area contributed by atoms with E-state index in [-0.39, 0.29) is 12.5 Å². The fraction of sp³-hybridized carbons (Fsp3) is 0.429. The van der Waals surface area contributed by atoms with Crippen LogP contribution in [0.25, 0.3) is 0 Å². The Bertz CT molecular complexity index is 417. The zero-order valence-corrected chi connectivity index (χ0v) is 11.1. The van der Waals surface area contributed by atoms with Gasteiger partial charge in [0.1, 0.15) is 11.8 Å². The van der Waals surface area contributed by atoms with Crippen LogP contribution in [0.1, 0.15) is 20.3 Å². The van der Waals surface area contributed by atoms with Crippen LogP contribution in [0.4, 0.5) is 0 Å². The second-order valence-corrected chi connectivity index (χ2v) is 4.69. The molecule has 1 amide bonds. The molecule has 1 atom stereocenters. The standard InChI is InChI=1S/C14H19NO4/c1-10(2)8-12(14(17)18)15-13(16)9-19-11-6-4-3-5-7-11/h3-7,10,12H,8-9H2,1-2H3,(H,15,16)(H,17,18)/t12-/m0/s1. The van der Waals surface area contributed by atoms with Gasteiger partial charge in [0, 0.05) is 0 Å². The zero-order valence-electron chi connectivity index (χ0n) is 11.1. The minimum atomic E-state index is -1.03. The molecule has 1 aromatic rings. The molecule has 1 aromatic carbocycles. The number of benzene rings is 1. The molecular weight excluding hydrogens is 246 g/mol. The smallest absolute Gasteiger partial charge is 0.326 e. The number of hydrogen-bond acceptors (Lipinski definition) is 3. The molecule has 5 heteroatoms. The van der Waals surface area contributed by atoms with Gasteiger partial charge in [0.2, 0.25) is 0 Å². The monoisotopic (exact) mass is 265 g/mol. The van der Waals surface area contributed by atoms with Crippen molar-refractivity contribution in [2.24, 2.45) is 5.92 Å². The zero-order chi connectivity index (χ0) is 14.3. The second kappa shape index (κ2) is 7.41. The summed E-state index contributed by atoms with van der Waals surface area (Å²) in [4.78, 5) is 22.6. The number of para-hydroxylation sites is 1. The number of rotatable bonds is 7. The van der Waals surface area contributed by atoms with E-state index in [2.05, 4.69) is 5.32 Å². The molecule has 0 saturated heterocycles. The van der Waals surface area contributed by atoms with E-state index in [1.807, 2.05) is 19.9 Å². The number of nitrogens with one attached hydrogen (secondary N) is 1. The maximum absolute atomic E-state index is 11.6. The molecule has 0 spiro atoms. The molecule has 0 unspecified atom stereocenters. The maximum Gasteiger partial charge on any atom is 0.326 e. The predicted octanol–water partition coefficient (Wildman–Crippen LogP) is 1.68. The molecular formula is C14H19NO4. The van der Waals surface area contributed by atoms with Crippen LogP contribution in [0.5, 0.6) is 5.75 Å². The van der Waals surface area contributed by atoms with Gasteiger partial charge in [0.05, 0.1) is 0 Å². The van der Waals surface area contributed by atoms with E-state index in [9.17, 15) is 9.59 Å². The van der Waals surface area contributed by atoms with Crippen molar-refractivity contribution in [3.63, 3.8) is 0 Å². The molecule has 0 saturated carbocycles. The van der Waals surface area contributed by atoms with E-state index >= 15 is 0 Å². The van der Waals surface area contributed by atoms with Gasteiger partial charge in [-0.3, -0.25) is 4.79 Å². The van der Waals surface area contributed by atoms with Gasteiger partial charge in [0.25, 0.3) is 5.91 Å². The molecule has 0 aliphatic carbocycles. The molecule has 104 valence electrons. The first-order chi connectivity index (χ1) is 8.99. The Morgan fingerprint density at radius 3 is 2.42 bits per heavy atom. The Kier molecular flexibility index (Phi) is 5.85. The maximum atomic E-state index is 11.6. The van der Waals surface area contributed by atoms with Crippen LogP contribution < -0.4 is 10.1 Å². The highest BCUT2D eigenvalue weighted by atomic mass is 16.5. The van der Waals surface area contributed by atoms with Crippen molar-refractivity contribution in [2.75, 3.05) is 6.61 Å². The molecule has 1 rings (SSSR count). The lowest BCUT2D eigenvalue weighted by atomic mass is 10.0. The molecule has 5 nitrogen and oxygen atoms in total. The van der Waals surface area contributed by atoms with Crippen molar-refractivity contribution in [1.82, 2.24) is 5.32 Å². The average molecular weight is 265 g/mol. The third-order valence-corrected chi connectivity index (χ3v) is 2.45. The topological polar surface area (TPSA) is 75.6 Å². The van der Waals surface area contributed by atoms with Crippen LogP contribution in [-0.4, -0.2) is 29.6 Å². The molecule has 19 heavy (non-hydrogen) atoms. The third-order valence-electron chi connectivity index (χ3n) is 2.45. The van der Waals surface area contributed by atoms with Crippen LogP contribution in [0.3, 0.4) is 0 Å². The van der Waals surface area contributed by atoms with E-state index in [4.69, 9.17) is 9.84 Å². The van der Waals surface area contributed by atoms with Crippen LogP contribution in [0.15, 0.2) is 30.3 Å². The molecule has 0 aromatic heterocycles. The minimum Gasteiger partial charge on any atom is -0.484 e. The van der Waals surface area contributed by atoms with Crippen molar-refractivity contribution >= 4 is 11.9 Å². The molecule has 0 fully saturated rings. The van der Waals surface area contributed by atoms with Gasteiger partial charge < -0.3 is 15.2 Å². The van der Waals surface area contributed by atoms with Crippen molar-refractivity contribution in [3.8, 4) is 5.75 Å². The van der Waals surface area contributed by atoms with Gasteiger partial charge in [-0.25, -0.2) is 4.79 Å². The quantitative estimate of drug-likeness (QED) is 0.786. The summed E-state index contributed by atoms with van der Waals surface area (Å²) in [5, 5.41) is 11.5. The molecule has 2 N–H and O–H groups in total. The van der Waals surface area contributed by atoms with E-state index in [1.54, 1.807) is 24.3 Å². The highest BCUT2D eigenvalue weighted by Gasteiger charge is 2.21. The lowest BCUT2D eigenvalue weighted by Gasteiger charge is -2.16. The number of ether oxygens (including phenoxy) is 1. The van der Waals surface area contributed by atoms with E-state index in [0.29, 0.717) is 12.2 Å². The average Bonchev–Trinajstić information content (AvgIpc) is 2.36. The minimum absolute atomic E-state index is 0.189. The number of aliphatic carboxylic acids is 1. The number of carboxylic acids is 1. The molecule has 0 radical (unpaired) electrons. The summed E-state index contributed by atoms with van der Waals surface area (Å²) in [6, 6.07) is 8.03. The molecule has 0 aliphatic heterocycles. The summed E-state index contributed by atoms with van der Waals surface area (Å²) in [6.45, 7) is 3.62. The lowest BCUT2D eigenvalue weighted by molar-refractivity contribution is -0.142. The normalized spacial score (nSPS) is 11.9. The Labute approximate surface area is 112 Å². The summed E-state index contributed by atoms with van der Waals surface area (Å²) in [6.07, 6.45) is 0.395. The first-order valence-corrected chi connectivity index (χ1v) is 6.19. The van der Waals surface area contributed by atoms with Gasteiger partial charge in [-0.2, -0.15) is 0 Å². The lowest BCUT2D eigenvalue weighted by Crippen LogP contribution is -2.43. The van der Waals surface area contributed by atoms with Crippen LogP contribution in [0, 0.1) is 5.92 Å². The molecule has 0 bridgehead atoms. The van der Waals surface area contributed by atoms with Crippen LogP contribution >= 0.6 is 0 Å². The van der Waals surface area contributed by atoms with E-state index in [1.165, 1.54) is 0 Å². The van der Waals surface area contributed by atoms with Crippen molar-refractivity contribution < 1.29 is 19.4 Å². The van der Waals surface area contributed by atoms with Gasteiger partial charge in [0.15, 0.2) is 6.61 Å². The summed E-state index contributed by atoms with van der Waals surface area (Å²) < 4.78 is 5.25. The number of hydrogen-bond donors (Lipinski definition) is 2. The summed E-state index contributed by atoms with van der Waals surface area (Å²) in [5.74, 6) is -0.691. The van der Waals surface area contributed by atoms with Gasteiger partial charge in [-0.05, 0) is 24.5 Å². The van der Waals surface area contributed by atoms with Crippen LogP contribution in [0.2, 0.25) is 0 Å². The van der Waals surface area contributed by atoms with Gasteiger partial charge in [-0.15, -0.1) is 0 Å². The number of amides is 1. The SMILES string of the molecule is CC(C)C[C@H](NC(=O)COc1ccccc1)C(=O)O. The third kappa shape index (κ3) is 5.90. The Balaban J connectivity index is 2.42. The van der Waals surface area contributed by atoms with Crippen molar-refractivity contribution in [3.05, 3.63) is 30.3 Å². The highest BCUT2D eigenvalue weighted by molar-refractivity contribution is 5.84. The Hall–Kier alpha value is -2.04. The van der Waals surface area contributed by atoms with Crippen LogP contribution in [-0.2, 0) is 9.59 Å². The largest absolute Gasteiger partial charge is 0.484 e.